The average Bonchev–Trinajstić information content (AvgIpc) is 3.34. The molecule has 1 aliphatic carbocycles. The number of cyclic esters (lactones) is 1. The van der Waals surface area contributed by atoms with Gasteiger partial charge in [-0.2, -0.15) is 0 Å². The maximum Gasteiger partial charge on any atom is 0.414 e. The minimum Gasteiger partial charge on any atom is -0.447 e. The monoisotopic (exact) mass is 354 g/mol. The number of carbonyl (C=O) groups is 2. The van der Waals surface area contributed by atoms with Crippen LogP contribution >= 0.6 is 0 Å². The highest BCUT2D eigenvalue weighted by atomic mass is 19.1. The molecule has 2 amide bonds. The van der Waals surface area contributed by atoms with Crippen molar-refractivity contribution in [1.82, 2.24) is 5.32 Å². The van der Waals surface area contributed by atoms with Crippen LogP contribution in [-0.2, 0) is 16.1 Å². The van der Waals surface area contributed by atoms with Crippen molar-refractivity contribution in [3.8, 4) is 0 Å². The molecule has 2 aromatic carbocycles. The fourth-order valence-electron chi connectivity index (χ4n) is 3.35. The minimum atomic E-state index is -0.341. The van der Waals surface area contributed by atoms with Gasteiger partial charge in [0.2, 0.25) is 5.91 Å². The molecular formula is C20H19FN2O3. The number of carbonyl (C=O) groups excluding carboxylic acids is 2. The summed E-state index contributed by atoms with van der Waals surface area (Å²) in [4.78, 5) is 25.6. The summed E-state index contributed by atoms with van der Waals surface area (Å²) in [6.45, 7) is 1.34. The molecular weight excluding hydrogens is 335 g/mol. The molecule has 2 atom stereocenters. The molecule has 1 heterocycles. The van der Waals surface area contributed by atoms with Gasteiger partial charge < -0.3 is 10.1 Å². The van der Waals surface area contributed by atoms with Crippen molar-refractivity contribution in [2.24, 2.45) is 5.92 Å². The summed E-state index contributed by atoms with van der Waals surface area (Å²) < 4.78 is 17.9. The molecule has 5 nitrogen and oxygen atoms in total. The molecule has 0 aromatic heterocycles. The van der Waals surface area contributed by atoms with E-state index in [1.807, 2.05) is 24.3 Å². The third-order valence-corrected chi connectivity index (χ3v) is 4.88. The SMILES string of the molecule is O=C(NCc1cccc(N2CCOC2=O)c1)C1CC1c1ccc(F)cc1. The van der Waals surface area contributed by atoms with E-state index in [4.69, 9.17) is 4.74 Å². The third kappa shape index (κ3) is 3.40. The maximum absolute atomic E-state index is 13.0. The van der Waals surface area contributed by atoms with Crippen LogP contribution in [0.15, 0.2) is 48.5 Å². The third-order valence-electron chi connectivity index (χ3n) is 4.88. The number of anilines is 1. The first-order valence-electron chi connectivity index (χ1n) is 8.68. The highest BCUT2D eigenvalue weighted by Gasteiger charge is 2.43. The predicted octanol–water partition coefficient (Wildman–Crippen LogP) is 3.20. The van der Waals surface area contributed by atoms with E-state index in [-0.39, 0.29) is 29.7 Å². The number of hydrogen-bond donors (Lipinski definition) is 1. The van der Waals surface area contributed by atoms with Crippen LogP contribution in [0.4, 0.5) is 14.9 Å². The molecule has 4 rings (SSSR count). The van der Waals surface area contributed by atoms with Crippen molar-refractivity contribution < 1.29 is 18.7 Å². The standard InChI is InChI=1S/C20H19FN2O3/c21-15-6-4-14(5-7-15)17-11-18(17)19(24)22-12-13-2-1-3-16(10-13)23-8-9-26-20(23)25/h1-7,10,17-18H,8-9,11-12H2,(H,22,24). The van der Waals surface area contributed by atoms with Crippen LogP contribution < -0.4 is 10.2 Å². The highest BCUT2D eigenvalue weighted by molar-refractivity contribution is 5.89. The van der Waals surface area contributed by atoms with Gasteiger partial charge in [-0.3, -0.25) is 9.69 Å². The van der Waals surface area contributed by atoms with Crippen molar-refractivity contribution >= 4 is 17.7 Å². The molecule has 6 heteroatoms. The van der Waals surface area contributed by atoms with E-state index in [9.17, 15) is 14.0 Å². The first-order chi connectivity index (χ1) is 12.6. The summed E-state index contributed by atoms with van der Waals surface area (Å²) in [5, 5.41) is 2.95. The Bertz CT molecular complexity index is 837. The number of nitrogens with zero attached hydrogens (tertiary/aromatic N) is 1. The van der Waals surface area contributed by atoms with Crippen molar-refractivity contribution in [1.29, 1.82) is 0 Å². The Kier molecular flexibility index (Phi) is 4.32. The number of ether oxygens (including phenoxy) is 1. The summed E-state index contributed by atoms with van der Waals surface area (Å²) in [5.74, 6) is -0.152. The van der Waals surface area contributed by atoms with Crippen LogP contribution in [0.3, 0.4) is 0 Å². The number of hydrogen-bond acceptors (Lipinski definition) is 3. The number of benzene rings is 2. The lowest BCUT2D eigenvalue weighted by molar-refractivity contribution is -0.122. The van der Waals surface area contributed by atoms with E-state index in [0.29, 0.717) is 19.7 Å². The van der Waals surface area contributed by atoms with Crippen molar-refractivity contribution in [3.05, 3.63) is 65.5 Å². The fraction of sp³-hybridized carbons (Fsp3) is 0.300. The zero-order valence-electron chi connectivity index (χ0n) is 14.2. The van der Waals surface area contributed by atoms with Gasteiger partial charge in [0.15, 0.2) is 0 Å². The quantitative estimate of drug-likeness (QED) is 0.897. The molecule has 1 aliphatic heterocycles. The first-order valence-corrected chi connectivity index (χ1v) is 8.68. The Morgan fingerprint density at radius 3 is 2.77 bits per heavy atom. The molecule has 2 fully saturated rings. The Hall–Kier alpha value is -2.89. The van der Waals surface area contributed by atoms with Gasteiger partial charge in [0.25, 0.3) is 0 Å². The van der Waals surface area contributed by atoms with E-state index >= 15 is 0 Å². The normalized spacial score (nSPS) is 21.4. The molecule has 2 unspecified atom stereocenters. The summed E-state index contributed by atoms with van der Waals surface area (Å²) >= 11 is 0. The molecule has 134 valence electrons. The molecule has 2 aromatic rings. The zero-order chi connectivity index (χ0) is 18.1. The van der Waals surface area contributed by atoms with Gasteiger partial charge >= 0.3 is 6.09 Å². The minimum absolute atomic E-state index is 0.00492. The Labute approximate surface area is 150 Å². The fourth-order valence-corrected chi connectivity index (χ4v) is 3.35. The van der Waals surface area contributed by atoms with Crippen LogP contribution in [0, 0.1) is 11.7 Å². The predicted molar refractivity (Wildman–Crippen MR) is 94.2 cm³/mol. The van der Waals surface area contributed by atoms with Crippen molar-refractivity contribution in [2.45, 2.75) is 18.9 Å². The van der Waals surface area contributed by atoms with Crippen LogP contribution in [0.5, 0.6) is 0 Å². The molecule has 1 N–H and O–H groups in total. The maximum atomic E-state index is 13.0. The largest absolute Gasteiger partial charge is 0.447 e. The zero-order valence-corrected chi connectivity index (χ0v) is 14.2. The summed E-state index contributed by atoms with van der Waals surface area (Å²) in [7, 11) is 0. The topological polar surface area (TPSA) is 58.6 Å². The Morgan fingerprint density at radius 2 is 2.04 bits per heavy atom. The lowest BCUT2D eigenvalue weighted by Crippen LogP contribution is -2.26. The number of amides is 2. The summed E-state index contributed by atoms with van der Waals surface area (Å²) in [6, 6.07) is 13.9. The van der Waals surface area contributed by atoms with Gasteiger partial charge in [0, 0.05) is 18.2 Å². The van der Waals surface area contributed by atoms with Crippen LogP contribution in [0.1, 0.15) is 23.5 Å². The second-order valence-electron chi connectivity index (χ2n) is 6.65. The van der Waals surface area contributed by atoms with Gasteiger partial charge in [-0.15, -0.1) is 0 Å². The average molecular weight is 354 g/mol. The molecule has 0 radical (unpaired) electrons. The lowest BCUT2D eigenvalue weighted by Gasteiger charge is -2.14. The summed E-state index contributed by atoms with van der Waals surface area (Å²) in [6.07, 6.45) is 0.447. The van der Waals surface area contributed by atoms with Crippen molar-refractivity contribution in [3.63, 3.8) is 0 Å². The van der Waals surface area contributed by atoms with E-state index in [0.717, 1.165) is 23.2 Å². The smallest absolute Gasteiger partial charge is 0.414 e. The van der Waals surface area contributed by atoms with E-state index in [2.05, 4.69) is 5.32 Å². The number of halogens is 1. The molecule has 0 spiro atoms. The molecule has 26 heavy (non-hydrogen) atoms. The van der Waals surface area contributed by atoms with Crippen LogP contribution in [0.2, 0.25) is 0 Å². The second-order valence-corrected chi connectivity index (χ2v) is 6.65. The number of nitrogens with one attached hydrogen (secondary N) is 1. The molecule has 2 aliphatic rings. The number of rotatable bonds is 5. The summed E-state index contributed by atoms with van der Waals surface area (Å²) in [5.41, 5.74) is 2.70. The first kappa shape index (κ1) is 16.6. The van der Waals surface area contributed by atoms with E-state index < -0.39 is 0 Å². The molecule has 1 saturated carbocycles. The Morgan fingerprint density at radius 1 is 1.23 bits per heavy atom. The Balaban J connectivity index is 1.34. The highest BCUT2D eigenvalue weighted by Crippen LogP contribution is 2.47. The van der Waals surface area contributed by atoms with Crippen molar-refractivity contribution in [2.75, 3.05) is 18.1 Å². The van der Waals surface area contributed by atoms with Crippen LogP contribution in [0.25, 0.3) is 0 Å². The van der Waals surface area contributed by atoms with Gasteiger partial charge in [-0.25, -0.2) is 9.18 Å². The van der Waals surface area contributed by atoms with Gasteiger partial charge in [0.1, 0.15) is 12.4 Å². The van der Waals surface area contributed by atoms with E-state index in [1.165, 1.54) is 12.1 Å². The van der Waals surface area contributed by atoms with Gasteiger partial charge in [0.05, 0.1) is 6.54 Å². The second kappa shape index (κ2) is 6.78. The van der Waals surface area contributed by atoms with Gasteiger partial charge in [-0.05, 0) is 47.7 Å². The lowest BCUT2D eigenvalue weighted by atomic mass is 10.1. The molecule has 1 saturated heterocycles. The van der Waals surface area contributed by atoms with Gasteiger partial charge in [-0.1, -0.05) is 24.3 Å². The molecule has 0 bridgehead atoms. The van der Waals surface area contributed by atoms with E-state index in [1.54, 1.807) is 17.0 Å². The van der Waals surface area contributed by atoms with Crippen LogP contribution in [-0.4, -0.2) is 25.2 Å².